The second kappa shape index (κ2) is 6.07. The number of halogens is 1. The molecule has 0 aliphatic heterocycles. The maximum atomic E-state index is 11.1. The number of benzene rings is 1. The second-order valence-electron chi connectivity index (χ2n) is 4.54. The largest absolute Gasteiger partial charge is 0.478 e. The maximum Gasteiger partial charge on any atom is 0.337 e. The summed E-state index contributed by atoms with van der Waals surface area (Å²) in [5, 5.41) is 12.6. The van der Waals surface area contributed by atoms with Crippen LogP contribution in [0.25, 0.3) is 0 Å². The summed E-state index contributed by atoms with van der Waals surface area (Å²) in [6, 6.07) is 4.65. The van der Waals surface area contributed by atoms with Gasteiger partial charge in [-0.3, -0.25) is 0 Å². The van der Waals surface area contributed by atoms with E-state index in [4.69, 9.17) is 21.4 Å². The van der Waals surface area contributed by atoms with E-state index in [1.165, 1.54) is 6.07 Å². The molecule has 0 saturated carbocycles. The highest BCUT2D eigenvalue weighted by molar-refractivity contribution is 6.31. The molecule has 0 atom stereocenters. The molecule has 0 saturated heterocycles. The highest BCUT2D eigenvalue weighted by Gasteiger charge is 2.19. The van der Waals surface area contributed by atoms with E-state index >= 15 is 0 Å². The molecule has 0 fully saturated rings. The molecular formula is C13H18ClNO3. The van der Waals surface area contributed by atoms with E-state index in [0.717, 1.165) is 0 Å². The molecule has 0 aliphatic carbocycles. The first-order chi connectivity index (χ1) is 8.35. The average molecular weight is 272 g/mol. The summed E-state index contributed by atoms with van der Waals surface area (Å²) in [5.74, 6) is -0.983. The first-order valence-corrected chi connectivity index (χ1v) is 6.14. The minimum Gasteiger partial charge on any atom is -0.478 e. The van der Waals surface area contributed by atoms with Gasteiger partial charge >= 0.3 is 5.97 Å². The first kappa shape index (κ1) is 14.8. The van der Waals surface area contributed by atoms with Crippen molar-refractivity contribution >= 4 is 23.3 Å². The third kappa shape index (κ3) is 4.20. The highest BCUT2D eigenvalue weighted by atomic mass is 35.5. The van der Waals surface area contributed by atoms with Gasteiger partial charge in [-0.25, -0.2) is 4.79 Å². The number of aromatic carboxylic acids is 1. The summed E-state index contributed by atoms with van der Waals surface area (Å²) in [7, 11) is 0. The number of hydrogen-bond acceptors (Lipinski definition) is 3. The van der Waals surface area contributed by atoms with Crippen LogP contribution in [-0.2, 0) is 4.74 Å². The van der Waals surface area contributed by atoms with Gasteiger partial charge in [0.15, 0.2) is 0 Å². The fraction of sp³-hybridized carbons (Fsp3) is 0.462. The monoisotopic (exact) mass is 271 g/mol. The Hall–Kier alpha value is -1.26. The normalized spacial score (nSPS) is 11.3. The molecule has 2 N–H and O–H groups in total. The van der Waals surface area contributed by atoms with Crippen molar-refractivity contribution in [2.75, 3.05) is 18.5 Å². The Bertz CT molecular complexity index is 432. The molecule has 1 aromatic carbocycles. The maximum absolute atomic E-state index is 11.1. The van der Waals surface area contributed by atoms with E-state index < -0.39 is 5.97 Å². The minimum atomic E-state index is -0.983. The molecule has 100 valence electrons. The molecule has 1 rings (SSSR count). The Balaban J connectivity index is 2.83. The Morgan fingerprint density at radius 1 is 1.50 bits per heavy atom. The second-order valence-corrected chi connectivity index (χ2v) is 4.98. The van der Waals surface area contributed by atoms with Crippen LogP contribution in [0.4, 0.5) is 5.69 Å². The van der Waals surface area contributed by atoms with Crippen molar-refractivity contribution in [3.63, 3.8) is 0 Å². The highest BCUT2D eigenvalue weighted by Crippen LogP contribution is 2.22. The van der Waals surface area contributed by atoms with Crippen LogP contribution in [0.5, 0.6) is 0 Å². The summed E-state index contributed by atoms with van der Waals surface area (Å²) >= 11 is 5.87. The van der Waals surface area contributed by atoms with E-state index in [-0.39, 0.29) is 11.2 Å². The van der Waals surface area contributed by atoms with Gasteiger partial charge in [-0.05, 0) is 39.0 Å². The summed E-state index contributed by atoms with van der Waals surface area (Å²) < 4.78 is 5.54. The first-order valence-electron chi connectivity index (χ1n) is 5.76. The molecule has 0 radical (unpaired) electrons. The van der Waals surface area contributed by atoms with Gasteiger partial charge in [0.2, 0.25) is 0 Å². The van der Waals surface area contributed by atoms with E-state index in [0.29, 0.717) is 23.9 Å². The van der Waals surface area contributed by atoms with Crippen LogP contribution in [0, 0.1) is 0 Å². The smallest absolute Gasteiger partial charge is 0.337 e. The Kier molecular flexibility index (Phi) is 4.99. The van der Waals surface area contributed by atoms with Crippen molar-refractivity contribution < 1.29 is 14.6 Å². The quantitative estimate of drug-likeness (QED) is 0.834. The summed E-state index contributed by atoms with van der Waals surface area (Å²) in [6.07, 6.45) is 0. The van der Waals surface area contributed by atoms with Crippen LogP contribution in [0.1, 0.15) is 31.1 Å². The fourth-order valence-corrected chi connectivity index (χ4v) is 1.77. The molecule has 1 aromatic rings. The minimum absolute atomic E-state index is 0.201. The van der Waals surface area contributed by atoms with Gasteiger partial charge in [0, 0.05) is 18.2 Å². The lowest BCUT2D eigenvalue weighted by Gasteiger charge is -2.26. The standard InChI is InChI=1S/C13H18ClNO3/c1-4-18-13(2,3)8-15-11-7-9(14)5-6-10(11)12(16)17/h5-7,15H,4,8H2,1-3H3,(H,16,17). The van der Waals surface area contributed by atoms with Gasteiger partial charge in [-0.2, -0.15) is 0 Å². The average Bonchev–Trinajstić information content (AvgIpc) is 2.26. The van der Waals surface area contributed by atoms with Crippen molar-refractivity contribution in [2.24, 2.45) is 0 Å². The number of carboxylic acids is 1. The zero-order chi connectivity index (χ0) is 13.8. The number of hydrogen-bond donors (Lipinski definition) is 2. The zero-order valence-corrected chi connectivity index (χ0v) is 11.5. The number of carbonyl (C=O) groups is 1. The van der Waals surface area contributed by atoms with Crippen LogP contribution in [0.15, 0.2) is 18.2 Å². The molecule has 4 nitrogen and oxygen atoms in total. The molecule has 0 spiro atoms. The lowest BCUT2D eigenvalue weighted by atomic mass is 10.1. The lowest BCUT2D eigenvalue weighted by Crippen LogP contribution is -2.33. The van der Waals surface area contributed by atoms with E-state index in [9.17, 15) is 4.79 Å². The van der Waals surface area contributed by atoms with Crippen LogP contribution >= 0.6 is 11.6 Å². The van der Waals surface area contributed by atoms with Crippen molar-refractivity contribution in [3.05, 3.63) is 28.8 Å². The van der Waals surface area contributed by atoms with Crippen LogP contribution in [0.2, 0.25) is 5.02 Å². The van der Waals surface area contributed by atoms with Gasteiger partial charge in [-0.15, -0.1) is 0 Å². The molecule has 0 aromatic heterocycles. The van der Waals surface area contributed by atoms with Gasteiger partial charge in [0.05, 0.1) is 16.9 Å². The summed E-state index contributed by atoms with van der Waals surface area (Å²) in [6.45, 7) is 6.91. The van der Waals surface area contributed by atoms with Crippen LogP contribution in [0.3, 0.4) is 0 Å². The third-order valence-electron chi connectivity index (χ3n) is 2.45. The van der Waals surface area contributed by atoms with Crippen molar-refractivity contribution in [1.29, 1.82) is 0 Å². The zero-order valence-electron chi connectivity index (χ0n) is 10.8. The van der Waals surface area contributed by atoms with Crippen molar-refractivity contribution in [1.82, 2.24) is 0 Å². The van der Waals surface area contributed by atoms with E-state index in [1.807, 2.05) is 20.8 Å². The Morgan fingerprint density at radius 3 is 2.72 bits per heavy atom. The van der Waals surface area contributed by atoms with Gasteiger partial charge in [0.1, 0.15) is 0 Å². The number of rotatable bonds is 6. The lowest BCUT2D eigenvalue weighted by molar-refractivity contribution is 0.000659. The summed E-state index contributed by atoms with van der Waals surface area (Å²) in [5.41, 5.74) is 0.335. The Labute approximate surface area is 112 Å². The molecule has 5 heteroatoms. The fourth-order valence-electron chi connectivity index (χ4n) is 1.60. The van der Waals surface area contributed by atoms with Crippen molar-refractivity contribution in [2.45, 2.75) is 26.4 Å². The van der Waals surface area contributed by atoms with Gasteiger partial charge in [-0.1, -0.05) is 11.6 Å². The SMILES string of the molecule is CCOC(C)(C)CNc1cc(Cl)ccc1C(=O)O. The molecule has 0 aliphatic rings. The van der Waals surface area contributed by atoms with Gasteiger partial charge < -0.3 is 15.2 Å². The molecule has 18 heavy (non-hydrogen) atoms. The van der Waals surface area contributed by atoms with Crippen LogP contribution in [-0.4, -0.2) is 29.8 Å². The number of anilines is 1. The van der Waals surface area contributed by atoms with Gasteiger partial charge in [0.25, 0.3) is 0 Å². The molecule has 0 heterocycles. The van der Waals surface area contributed by atoms with E-state index in [2.05, 4.69) is 5.32 Å². The topological polar surface area (TPSA) is 58.6 Å². The Morgan fingerprint density at radius 2 is 2.17 bits per heavy atom. The number of nitrogens with one attached hydrogen (secondary N) is 1. The predicted octanol–water partition coefficient (Wildman–Crippen LogP) is 3.27. The van der Waals surface area contributed by atoms with Crippen LogP contribution < -0.4 is 5.32 Å². The van der Waals surface area contributed by atoms with Crippen molar-refractivity contribution in [3.8, 4) is 0 Å². The third-order valence-corrected chi connectivity index (χ3v) is 2.69. The molecule has 0 unspecified atom stereocenters. The molecule has 0 amide bonds. The predicted molar refractivity (Wildman–Crippen MR) is 72.6 cm³/mol. The number of carboxylic acid groups (broad SMARTS) is 1. The summed E-state index contributed by atoms with van der Waals surface area (Å²) in [4.78, 5) is 11.1. The molecule has 0 bridgehead atoms. The number of ether oxygens (including phenoxy) is 1. The molecular weight excluding hydrogens is 254 g/mol. The van der Waals surface area contributed by atoms with E-state index in [1.54, 1.807) is 12.1 Å².